The van der Waals surface area contributed by atoms with Crippen LogP contribution in [0.2, 0.25) is 0 Å². The van der Waals surface area contributed by atoms with Crippen LogP contribution in [0.15, 0.2) is 34.7 Å². The zero-order valence-corrected chi connectivity index (χ0v) is 14.9. The van der Waals surface area contributed by atoms with E-state index in [1.165, 1.54) is 0 Å². The molecule has 0 spiro atoms. The highest BCUT2D eigenvalue weighted by molar-refractivity contribution is 9.42. The maximum atomic E-state index is 12.1. The summed E-state index contributed by atoms with van der Waals surface area (Å²) in [4.78, 5) is 0. The highest BCUT2D eigenvalue weighted by Crippen LogP contribution is 2.44. The van der Waals surface area contributed by atoms with E-state index in [0.29, 0.717) is 5.01 Å². The Morgan fingerprint density at radius 1 is 1.06 bits per heavy atom. The predicted molar refractivity (Wildman–Crippen MR) is 82.0 cm³/mol. The third-order valence-corrected chi connectivity index (χ3v) is 8.62. The second kappa shape index (κ2) is 5.28. The van der Waals surface area contributed by atoms with E-state index in [4.69, 9.17) is 0 Å². The van der Waals surface area contributed by atoms with Gasteiger partial charge in [-0.15, -0.1) is 10.2 Å². The maximum Gasteiger partial charge on any atom is 0.243 e. The van der Waals surface area contributed by atoms with Crippen LogP contribution >= 0.6 is 59.1 Å². The second-order valence-corrected chi connectivity index (χ2v) is 14.8. The number of benzene rings is 1. The number of hydrogen-bond acceptors (Lipinski definition) is 5. The van der Waals surface area contributed by atoms with E-state index in [1.54, 1.807) is 0 Å². The first-order valence-electron chi connectivity index (χ1n) is 4.52. The van der Waals surface area contributed by atoms with Crippen molar-refractivity contribution in [3.05, 3.63) is 30.3 Å². The zero-order chi connectivity index (χ0) is 13.4. The normalized spacial score (nSPS) is 12.6. The van der Waals surface area contributed by atoms with Crippen LogP contribution in [0.5, 0.6) is 0 Å². The minimum Gasteiger partial charge on any atom is -0.218 e. The molecule has 0 saturated carbocycles. The SMILES string of the molecule is O=S(=O)(c1nnc(-c2ccccc2)s1)C(Br)(Br)Br. The van der Waals surface area contributed by atoms with Crippen molar-refractivity contribution < 1.29 is 8.42 Å². The topological polar surface area (TPSA) is 59.9 Å². The Kier molecular flexibility index (Phi) is 4.27. The molecule has 0 N–H and O–H groups in total. The van der Waals surface area contributed by atoms with Gasteiger partial charge in [0.05, 0.1) is 0 Å². The van der Waals surface area contributed by atoms with Gasteiger partial charge in [0.25, 0.3) is 0 Å². The monoisotopic (exact) mass is 474 g/mol. The molecule has 96 valence electrons. The summed E-state index contributed by atoms with van der Waals surface area (Å²) < 4.78 is 22.6. The lowest BCUT2D eigenvalue weighted by Gasteiger charge is -2.09. The largest absolute Gasteiger partial charge is 0.243 e. The van der Waals surface area contributed by atoms with Gasteiger partial charge in [-0.1, -0.05) is 41.7 Å². The molecule has 0 aliphatic rings. The van der Waals surface area contributed by atoms with Gasteiger partial charge in [0.2, 0.25) is 15.7 Å². The lowest BCUT2D eigenvalue weighted by Crippen LogP contribution is -2.17. The van der Waals surface area contributed by atoms with Gasteiger partial charge in [-0.05, 0) is 47.8 Å². The molecule has 18 heavy (non-hydrogen) atoms. The zero-order valence-electron chi connectivity index (χ0n) is 8.55. The Labute approximate surface area is 133 Å². The average Bonchev–Trinajstić information content (AvgIpc) is 2.78. The molecule has 0 unspecified atom stereocenters. The molecule has 0 aliphatic heterocycles. The molecule has 0 aliphatic carbocycles. The second-order valence-electron chi connectivity index (χ2n) is 3.19. The van der Waals surface area contributed by atoms with E-state index in [-0.39, 0.29) is 4.34 Å². The number of halogens is 3. The summed E-state index contributed by atoms with van der Waals surface area (Å²) in [5.74, 6) is 0. The van der Waals surface area contributed by atoms with E-state index < -0.39 is 11.3 Å². The molecule has 1 heterocycles. The van der Waals surface area contributed by atoms with Gasteiger partial charge in [0.1, 0.15) is 5.01 Å². The lowest BCUT2D eigenvalue weighted by molar-refractivity contribution is 0.597. The summed E-state index contributed by atoms with van der Waals surface area (Å²) in [5, 5.41) is 8.18. The van der Waals surface area contributed by atoms with Crippen molar-refractivity contribution in [2.24, 2.45) is 0 Å². The summed E-state index contributed by atoms with van der Waals surface area (Å²) in [5.41, 5.74) is 0.834. The van der Waals surface area contributed by atoms with Crippen LogP contribution in [0.1, 0.15) is 0 Å². The Bertz CT molecular complexity index is 650. The molecule has 0 saturated heterocycles. The van der Waals surface area contributed by atoms with E-state index in [1.807, 2.05) is 30.3 Å². The molecule has 4 nitrogen and oxygen atoms in total. The van der Waals surface area contributed by atoms with Gasteiger partial charge >= 0.3 is 0 Å². The summed E-state index contributed by atoms with van der Waals surface area (Å²) >= 11 is 9.98. The van der Waals surface area contributed by atoms with Crippen molar-refractivity contribution in [1.82, 2.24) is 10.2 Å². The molecule has 1 aromatic heterocycles. The fourth-order valence-corrected chi connectivity index (χ4v) is 5.44. The van der Waals surface area contributed by atoms with Crippen LogP contribution in [-0.2, 0) is 9.84 Å². The number of nitrogens with zero attached hydrogens (tertiary/aromatic N) is 2. The van der Waals surface area contributed by atoms with Crippen LogP contribution in [0.3, 0.4) is 0 Å². The van der Waals surface area contributed by atoms with Crippen LogP contribution in [0.4, 0.5) is 0 Å². The van der Waals surface area contributed by atoms with Crippen LogP contribution in [0, 0.1) is 0 Å². The first-order valence-corrected chi connectivity index (χ1v) is 9.20. The molecule has 2 aromatic rings. The first-order chi connectivity index (χ1) is 8.32. The average molecular weight is 477 g/mol. The van der Waals surface area contributed by atoms with Crippen molar-refractivity contribution in [3.63, 3.8) is 0 Å². The highest BCUT2D eigenvalue weighted by Gasteiger charge is 2.40. The fraction of sp³-hybridized carbons (Fsp3) is 0.111. The summed E-state index contributed by atoms with van der Waals surface area (Å²) in [6, 6.07) is 9.28. The van der Waals surface area contributed by atoms with Crippen molar-refractivity contribution in [2.45, 2.75) is 5.81 Å². The predicted octanol–water partition coefficient (Wildman–Crippen LogP) is 3.77. The van der Waals surface area contributed by atoms with Crippen molar-refractivity contribution in [1.29, 1.82) is 0 Å². The molecule has 0 radical (unpaired) electrons. The smallest absolute Gasteiger partial charge is 0.218 e. The quantitative estimate of drug-likeness (QED) is 0.619. The van der Waals surface area contributed by atoms with Gasteiger partial charge in [0, 0.05) is 5.56 Å². The van der Waals surface area contributed by atoms with Gasteiger partial charge in [0.15, 0.2) is 0 Å². The van der Waals surface area contributed by atoms with Crippen LogP contribution < -0.4 is 0 Å². The van der Waals surface area contributed by atoms with Gasteiger partial charge in [-0.3, -0.25) is 0 Å². The van der Waals surface area contributed by atoms with Crippen LogP contribution in [0.25, 0.3) is 10.6 Å². The van der Waals surface area contributed by atoms with Gasteiger partial charge < -0.3 is 0 Å². The Morgan fingerprint density at radius 3 is 2.22 bits per heavy atom. The third-order valence-electron chi connectivity index (χ3n) is 1.96. The number of alkyl halides is 3. The fourth-order valence-electron chi connectivity index (χ4n) is 1.11. The molecule has 9 heteroatoms. The molecule has 2 rings (SSSR count). The number of rotatable bonds is 2. The lowest BCUT2D eigenvalue weighted by atomic mass is 10.2. The standard InChI is InChI=1S/C9H5Br3N2O2S2/c10-9(11,12)18(15,16)8-14-13-7(17-8)6-4-2-1-3-5-6/h1-5H. The number of aromatic nitrogens is 2. The first kappa shape index (κ1) is 14.6. The number of sulfone groups is 1. The minimum atomic E-state index is -3.67. The molecule has 0 fully saturated rings. The van der Waals surface area contributed by atoms with Crippen molar-refractivity contribution in [2.75, 3.05) is 0 Å². The molecule has 0 atom stereocenters. The Balaban J connectivity index is 2.45. The summed E-state index contributed by atoms with van der Waals surface area (Å²) in [6.07, 6.45) is 0. The Hall–Kier alpha value is 0.170. The van der Waals surface area contributed by atoms with Gasteiger partial charge in [-0.25, -0.2) is 8.42 Å². The van der Waals surface area contributed by atoms with E-state index in [2.05, 4.69) is 58.0 Å². The van der Waals surface area contributed by atoms with Crippen LogP contribution in [-0.4, -0.2) is 20.1 Å². The molecular formula is C9H5Br3N2O2S2. The molecule has 0 bridgehead atoms. The van der Waals surface area contributed by atoms with Crippen molar-refractivity contribution >= 4 is 69.0 Å². The molecular weight excluding hydrogens is 472 g/mol. The number of hydrogen-bond donors (Lipinski definition) is 0. The van der Waals surface area contributed by atoms with E-state index in [9.17, 15) is 8.42 Å². The molecule has 0 amide bonds. The highest BCUT2D eigenvalue weighted by atomic mass is 80.0. The Morgan fingerprint density at radius 2 is 1.67 bits per heavy atom. The van der Waals surface area contributed by atoms with Crippen molar-refractivity contribution in [3.8, 4) is 10.6 Å². The van der Waals surface area contributed by atoms with Gasteiger partial charge in [-0.2, -0.15) is 0 Å². The van der Waals surface area contributed by atoms with E-state index in [0.717, 1.165) is 16.9 Å². The summed E-state index contributed by atoms with van der Waals surface area (Å²) in [7, 11) is -3.67. The molecule has 1 aromatic carbocycles. The summed E-state index contributed by atoms with van der Waals surface area (Å²) in [6.45, 7) is 0. The third kappa shape index (κ3) is 2.84. The minimum absolute atomic E-state index is 0.0630. The maximum absolute atomic E-state index is 12.1. The van der Waals surface area contributed by atoms with E-state index >= 15 is 0 Å².